The molecule has 1 saturated heterocycles. The zero-order valence-corrected chi connectivity index (χ0v) is 25.7. The van der Waals surface area contributed by atoms with Crippen molar-refractivity contribution in [3.63, 3.8) is 0 Å². The normalized spacial score (nSPS) is 16.6. The van der Waals surface area contributed by atoms with Gasteiger partial charge in [0.15, 0.2) is 0 Å². The van der Waals surface area contributed by atoms with Crippen LogP contribution in [-0.4, -0.2) is 89.1 Å². The van der Waals surface area contributed by atoms with E-state index in [-0.39, 0.29) is 23.9 Å². The maximum atomic E-state index is 13.5. The SMILES string of the molecule is CC(NC(=O)C(C)N1Cc2ccc(-c3nc(NC4CCOCC4)ncc3Cl)cc2C1=O)c1cccc(OCCN(C)C)n1. The van der Waals surface area contributed by atoms with E-state index in [1.54, 1.807) is 30.2 Å². The van der Waals surface area contributed by atoms with Gasteiger partial charge in [-0.25, -0.2) is 15.0 Å². The van der Waals surface area contributed by atoms with Crippen LogP contribution >= 0.6 is 11.6 Å². The van der Waals surface area contributed by atoms with E-state index in [4.69, 9.17) is 21.1 Å². The van der Waals surface area contributed by atoms with Crippen LogP contribution in [0.1, 0.15) is 54.3 Å². The van der Waals surface area contributed by atoms with Crippen molar-refractivity contribution in [2.24, 2.45) is 0 Å². The van der Waals surface area contributed by atoms with Crippen LogP contribution in [0.4, 0.5) is 5.95 Å². The molecule has 2 aliphatic rings. The van der Waals surface area contributed by atoms with Crippen molar-refractivity contribution in [1.29, 1.82) is 0 Å². The molecule has 4 heterocycles. The first-order valence-electron chi connectivity index (χ1n) is 14.6. The molecule has 5 rings (SSSR count). The van der Waals surface area contributed by atoms with E-state index in [0.717, 1.165) is 24.9 Å². The number of pyridine rings is 1. The number of ether oxygens (including phenoxy) is 2. The predicted octanol–water partition coefficient (Wildman–Crippen LogP) is 3.95. The van der Waals surface area contributed by atoms with Gasteiger partial charge in [0, 0.05) is 49.5 Å². The van der Waals surface area contributed by atoms with Crippen LogP contribution in [0.5, 0.6) is 5.88 Å². The van der Waals surface area contributed by atoms with Gasteiger partial charge in [-0.2, -0.15) is 0 Å². The number of hydrogen-bond donors (Lipinski definition) is 2. The van der Waals surface area contributed by atoms with Crippen molar-refractivity contribution in [2.45, 2.75) is 51.4 Å². The van der Waals surface area contributed by atoms with E-state index in [0.29, 0.717) is 65.7 Å². The van der Waals surface area contributed by atoms with Crippen LogP contribution in [0.2, 0.25) is 5.02 Å². The van der Waals surface area contributed by atoms with E-state index in [1.165, 1.54) is 0 Å². The highest BCUT2D eigenvalue weighted by Gasteiger charge is 2.35. The third-order valence-corrected chi connectivity index (χ3v) is 7.97. The summed E-state index contributed by atoms with van der Waals surface area (Å²) in [5.74, 6) is 0.508. The fourth-order valence-corrected chi connectivity index (χ4v) is 5.28. The lowest BCUT2D eigenvalue weighted by Crippen LogP contribution is -2.45. The molecule has 0 aliphatic carbocycles. The Kier molecular flexibility index (Phi) is 9.74. The molecule has 2 N–H and O–H groups in total. The highest BCUT2D eigenvalue weighted by atomic mass is 35.5. The topological polar surface area (TPSA) is 122 Å². The number of benzene rings is 1. The second kappa shape index (κ2) is 13.7. The van der Waals surface area contributed by atoms with Crippen molar-refractivity contribution in [2.75, 3.05) is 45.8 Å². The molecule has 2 unspecified atom stereocenters. The summed E-state index contributed by atoms with van der Waals surface area (Å²) in [5, 5.41) is 6.75. The smallest absolute Gasteiger partial charge is 0.255 e. The van der Waals surface area contributed by atoms with Crippen LogP contribution in [0.3, 0.4) is 0 Å². The number of anilines is 1. The minimum Gasteiger partial charge on any atom is -0.476 e. The number of carbonyl (C=O) groups excluding carboxylic acids is 2. The number of nitrogens with zero attached hydrogens (tertiary/aromatic N) is 5. The van der Waals surface area contributed by atoms with E-state index >= 15 is 0 Å². The van der Waals surface area contributed by atoms with Crippen LogP contribution in [0, 0.1) is 0 Å². The first kappa shape index (κ1) is 30.7. The number of aromatic nitrogens is 3. The first-order chi connectivity index (χ1) is 20.7. The quantitative estimate of drug-likeness (QED) is 0.334. The van der Waals surface area contributed by atoms with Crippen LogP contribution in [0.25, 0.3) is 11.3 Å². The number of halogens is 1. The molecular formula is C31H38ClN7O4. The maximum Gasteiger partial charge on any atom is 0.255 e. The first-order valence-corrected chi connectivity index (χ1v) is 14.9. The third-order valence-electron chi connectivity index (χ3n) is 7.70. The van der Waals surface area contributed by atoms with E-state index < -0.39 is 6.04 Å². The lowest BCUT2D eigenvalue weighted by Gasteiger charge is -2.25. The molecule has 3 aromatic rings. The number of hydrogen-bond acceptors (Lipinski definition) is 9. The van der Waals surface area contributed by atoms with Gasteiger partial charge in [-0.15, -0.1) is 0 Å². The van der Waals surface area contributed by atoms with Gasteiger partial charge < -0.3 is 29.9 Å². The lowest BCUT2D eigenvalue weighted by atomic mass is 10.0. The Hall–Kier alpha value is -3.80. The monoisotopic (exact) mass is 607 g/mol. The Balaban J connectivity index is 1.24. The molecule has 1 aromatic carbocycles. The fourth-order valence-electron chi connectivity index (χ4n) is 5.08. The second-order valence-electron chi connectivity index (χ2n) is 11.2. The van der Waals surface area contributed by atoms with Crippen molar-refractivity contribution in [3.8, 4) is 17.1 Å². The van der Waals surface area contributed by atoms with Gasteiger partial charge in [-0.3, -0.25) is 9.59 Å². The molecule has 228 valence electrons. The van der Waals surface area contributed by atoms with Gasteiger partial charge >= 0.3 is 0 Å². The molecule has 1 fully saturated rings. The van der Waals surface area contributed by atoms with Gasteiger partial charge in [0.1, 0.15) is 12.6 Å². The Bertz CT molecular complexity index is 1460. The summed E-state index contributed by atoms with van der Waals surface area (Å²) in [5.41, 5.74) is 3.30. The summed E-state index contributed by atoms with van der Waals surface area (Å²) in [4.78, 5) is 43.9. The molecule has 2 aliphatic heterocycles. The largest absolute Gasteiger partial charge is 0.476 e. The van der Waals surface area contributed by atoms with Crippen molar-refractivity contribution < 1.29 is 19.1 Å². The molecule has 0 spiro atoms. The molecule has 0 saturated carbocycles. The fraction of sp³-hybridized carbons (Fsp3) is 0.452. The molecule has 0 radical (unpaired) electrons. The maximum absolute atomic E-state index is 13.5. The van der Waals surface area contributed by atoms with Gasteiger partial charge in [-0.1, -0.05) is 29.8 Å². The Labute approximate surface area is 257 Å². The zero-order chi connectivity index (χ0) is 30.5. The van der Waals surface area contributed by atoms with Crippen LogP contribution in [-0.2, 0) is 16.1 Å². The van der Waals surface area contributed by atoms with Crippen molar-refractivity contribution in [3.05, 3.63) is 64.4 Å². The minimum atomic E-state index is -0.691. The predicted molar refractivity (Wildman–Crippen MR) is 164 cm³/mol. The average molecular weight is 608 g/mol. The van der Waals surface area contributed by atoms with Gasteiger partial charge in [0.05, 0.1) is 28.6 Å². The Morgan fingerprint density at radius 2 is 1.98 bits per heavy atom. The molecule has 2 atom stereocenters. The Morgan fingerprint density at radius 1 is 1.19 bits per heavy atom. The zero-order valence-electron chi connectivity index (χ0n) is 25.0. The standard InChI is InChI=1S/C31H38ClN7O4/c1-19(26-6-5-7-27(36-26)43-15-12-38(3)4)34-29(40)20(2)39-18-22-9-8-21(16-24(22)30(39)41)28-25(32)17-33-31(37-28)35-23-10-13-42-14-11-23/h5-9,16-17,19-20,23H,10-15,18H2,1-4H3,(H,34,40)(H,33,35,37). The van der Waals surface area contributed by atoms with Crippen LogP contribution in [0.15, 0.2) is 42.6 Å². The number of nitrogens with one attached hydrogen (secondary N) is 2. The highest BCUT2D eigenvalue weighted by Crippen LogP contribution is 2.32. The summed E-state index contributed by atoms with van der Waals surface area (Å²) < 4.78 is 11.2. The molecule has 11 nitrogen and oxygen atoms in total. The van der Waals surface area contributed by atoms with Crippen LogP contribution < -0.4 is 15.4 Å². The Morgan fingerprint density at radius 3 is 2.74 bits per heavy atom. The molecule has 12 heteroatoms. The minimum absolute atomic E-state index is 0.215. The van der Waals surface area contributed by atoms with Crippen molar-refractivity contribution >= 4 is 29.4 Å². The molecule has 43 heavy (non-hydrogen) atoms. The summed E-state index contributed by atoms with van der Waals surface area (Å²) in [7, 11) is 3.95. The number of carbonyl (C=O) groups is 2. The molecule has 0 bridgehead atoms. The van der Waals surface area contributed by atoms with E-state index in [1.807, 2.05) is 50.2 Å². The summed E-state index contributed by atoms with van der Waals surface area (Å²) in [6.07, 6.45) is 3.33. The number of amides is 2. The lowest BCUT2D eigenvalue weighted by molar-refractivity contribution is -0.125. The van der Waals surface area contributed by atoms with Crippen molar-refractivity contribution in [1.82, 2.24) is 30.1 Å². The number of fused-ring (bicyclic) bond motifs is 1. The summed E-state index contributed by atoms with van der Waals surface area (Å²) in [6, 6.07) is 10.2. The van der Waals surface area contributed by atoms with E-state index in [2.05, 4.69) is 25.6 Å². The van der Waals surface area contributed by atoms with Gasteiger partial charge in [-0.05, 0) is 58.5 Å². The number of likely N-dealkylation sites (N-methyl/N-ethyl adjacent to an activating group) is 1. The third kappa shape index (κ3) is 7.41. The molecule has 2 aromatic heterocycles. The second-order valence-corrected chi connectivity index (χ2v) is 11.6. The molecular weight excluding hydrogens is 570 g/mol. The average Bonchev–Trinajstić information content (AvgIpc) is 3.33. The summed E-state index contributed by atoms with van der Waals surface area (Å²) in [6.45, 7) is 6.61. The summed E-state index contributed by atoms with van der Waals surface area (Å²) >= 11 is 6.49. The highest BCUT2D eigenvalue weighted by molar-refractivity contribution is 6.33. The van der Waals surface area contributed by atoms with Gasteiger partial charge in [0.25, 0.3) is 5.91 Å². The molecule has 2 amide bonds. The van der Waals surface area contributed by atoms with E-state index in [9.17, 15) is 9.59 Å². The van der Waals surface area contributed by atoms with Gasteiger partial charge in [0.2, 0.25) is 17.7 Å². The number of rotatable bonds is 11.